The van der Waals surface area contributed by atoms with Crippen LogP contribution in [-0.4, -0.2) is 23.7 Å². The van der Waals surface area contributed by atoms with Crippen molar-refractivity contribution in [3.63, 3.8) is 0 Å². The lowest BCUT2D eigenvalue weighted by Gasteiger charge is -2.30. The van der Waals surface area contributed by atoms with Crippen LogP contribution in [0.1, 0.15) is 45.4 Å². The number of hydrogen-bond acceptors (Lipinski definition) is 3. The zero-order valence-corrected chi connectivity index (χ0v) is 12.9. The summed E-state index contributed by atoms with van der Waals surface area (Å²) in [6, 6.07) is 7.46. The maximum Gasteiger partial charge on any atom is 0.329 e. The standard InChI is InChI=1S/C17H25NO3/c1-3-13-5-4-11-17(12-10-13,16(19)20)18-14-6-8-15(21-2)9-7-14/h6-9,13,18H,3-5,10-12H2,1-2H3,(H,19,20). The number of nitrogens with one attached hydrogen (secondary N) is 1. The van der Waals surface area contributed by atoms with E-state index in [0.717, 1.165) is 37.1 Å². The van der Waals surface area contributed by atoms with Gasteiger partial charge in [0, 0.05) is 5.69 Å². The Labute approximate surface area is 126 Å². The molecule has 0 bridgehead atoms. The zero-order valence-electron chi connectivity index (χ0n) is 12.9. The van der Waals surface area contributed by atoms with Crippen LogP contribution in [0.25, 0.3) is 0 Å². The van der Waals surface area contributed by atoms with E-state index in [1.54, 1.807) is 7.11 Å². The van der Waals surface area contributed by atoms with Crippen molar-refractivity contribution in [2.75, 3.05) is 12.4 Å². The molecule has 4 heteroatoms. The molecular weight excluding hydrogens is 266 g/mol. The molecular formula is C17H25NO3. The van der Waals surface area contributed by atoms with Gasteiger partial charge in [0.2, 0.25) is 0 Å². The fraction of sp³-hybridized carbons (Fsp3) is 0.588. The highest BCUT2D eigenvalue weighted by molar-refractivity contribution is 5.82. The maximum atomic E-state index is 11.9. The Balaban J connectivity index is 2.15. The number of carboxylic acid groups (broad SMARTS) is 1. The molecule has 2 N–H and O–H groups in total. The quantitative estimate of drug-likeness (QED) is 0.807. The van der Waals surface area contributed by atoms with Gasteiger partial charge in [-0.1, -0.05) is 26.2 Å². The molecule has 4 nitrogen and oxygen atoms in total. The minimum Gasteiger partial charge on any atom is -0.497 e. The van der Waals surface area contributed by atoms with E-state index in [9.17, 15) is 9.90 Å². The number of ether oxygens (including phenoxy) is 1. The van der Waals surface area contributed by atoms with E-state index in [1.807, 2.05) is 24.3 Å². The number of benzene rings is 1. The fourth-order valence-corrected chi connectivity index (χ4v) is 3.16. The summed E-state index contributed by atoms with van der Waals surface area (Å²) in [5.74, 6) is 0.691. The molecule has 2 rings (SSSR count). The van der Waals surface area contributed by atoms with E-state index in [0.29, 0.717) is 18.8 Å². The van der Waals surface area contributed by atoms with Gasteiger partial charge in [0.05, 0.1) is 7.11 Å². The van der Waals surface area contributed by atoms with Gasteiger partial charge in [-0.2, -0.15) is 0 Å². The zero-order chi connectivity index (χ0) is 15.3. The van der Waals surface area contributed by atoms with E-state index >= 15 is 0 Å². The second-order valence-electron chi connectivity index (χ2n) is 5.95. The highest BCUT2D eigenvalue weighted by Crippen LogP contribution is 2.35. The molecule has 1 saturated carbocycles. The molecule has 1 aliphatic carbocycles. The van der Waals surface area contributed by atoms with Crippen LogP contribution in [0.3, 0.4) is 0 Å². The fourth-order valence-electron chi connectivity index (χ4n) is 3.16. The van der Waals surface area contributed by atoms with E-state index in [4.69, 9.17) is 4.74 Å². The summed E-state index contributed by atoms with van der Waals surface area (Å²) in [6.45, 7) is 2.19. The summed E-state index contributed by atoms with van der Waals surface area (Å²) >= 11 is 0. The minimum atomic E-state index is -0.835. The lowest BCUT2D eigenvalue weighted by Crippen LogP contribution is -2.46. The highest BCUT2D eigenvalue weighted by Gasteiger charge is 2.39. The van der Waals surface area contributed by atoms with Crippen molar-refractivity contribution in [1.82, 2.24) is 0 Å². The Morgan fingerprint density at radius 1 is 1.33 bits per heavy atom. The third-order valence-corrected chi connectivity index (χ3v) is 4.66. The van der Waals surface area contributed by atoms with Gasteiger partial charge in [-0.25, -0.2) is 4.79 Å². The van der Waals surface area contributed by atoms with Gasteiger partial charge in [-0.05, 0) is 49.4 Å². The van der Waals surface area contributed by atoms with Gasteiger partial charge in [-0.3, -0.25) is 0 Å². The first-order chi connectivity index (χ1) is 10.1. The molecule has 0 spiro atoms. The van der Waals surface area contributed by atoms with E-state index in [-0.39, 0.29) is 0 Å². The van der Waals surface area contributed by atoms with E-state index in [2.05, 4.69) is 12.2 Å². The number of carboxylic acids is 1. The Morgan fingerprint density at radius 2 is 2.05 bits per heavy atom. The Kier molecular flexibility index (Phi) is 5.10. The van der Waals surface area contributed by atoms with Crippen molar-refractivity contribution in [1.29, 1.82) is 0 Å². The smallest absolute Gasteiger partial charge is 0.329 e. The molecule has 2 atom stereocenters. The van der Waals surface area contributed by atoms with Gasteiger partial charge in [-0.15, -0.1) is 0 Å². The van der Waals surface area contributed by atoms with Crippen molar-refractivity contribution in [3.05, 3.63) is 24.3 Å². The van der Waals surface area contributed by atoms with Gasteiger partial charge in [0.15, 0.2) is 0 Å². The topological polar surface area (TPSA) is 58.6 Å². The number of carbonyl (C=O) groups is 1. The summed E-state index contributed by atoms with van der Waals surface area (Å²) < 4.78 is 5.14. The molecule has 0 radical (unpaired) electrons. The van der Waals surface area contributed by atoms with Crippen LogP contribution in [0.4, 0.5) is 5.69 Å². The molecule has 0 amide bonds. The maximum absolute atomic E-state index is 11.9. The van der Waals surface area contributed by atoms with Gasteiger partial charge >= 0.3 is 5.97 Å². The molecule has 1 aliphatic rings. The van der Waals surface area contributed by atoms with Crippen LogP contribution in [0.15, 0.2) is 24.3 Å². The number of hydrogen-bond donors (Lipinski definition) is 2. The molecule has 0 saturated heterocycles. The molecule has 21 heavy (non-hydrogen) atoms. The van der Waals surface area contributed by atoms with Crippen LogP contribution < -0.4 is 10.1 Å². The van der Waals surface area contributed by atoms with Crippen molar-refractivity contribution < 1.29 is 14.6 Å². The summed E-state index contributed by atoms with van der Waals surface area (Å²) in [5, 5.41) is 13.0. The average molecular weight is 291 g/mol. The van der Waals surface area contributed by atoms with E-state index in [1.165, 1.54) is 0 Å². The molecule has 1 fully saturated rings. The first-order valence-corrected chi connectivity index (χ1v) is 7.75. The van der Waals surface area contributed by atoms with Crippen LogP contribution in [0.2, 0.25) is 0 Å². The van der Waals surface area contributed by atoms with Gasteiger partial charge in [0.1, 0.15) is 11.3 Å². The van der Waals surface area contributed by atoms with Gasteiger partial charge in [0.25, 0.3) is 0 Å². The normalized spacial score (nSPS) is 25.9. The minimum absolute atomic E-state index is 0.656. The number of anilines is 1. The lowest BCUT2D eigenvalue weighted by atomic mass is 9.89. The van der Waals surface area contributed by atoms with Crippen LogP contribution in [-0.2, 0) is 4.79 Å². The summed E-state index contributed by atoms with van der Waals surface area (Å²) in [4.78, 5) is 11.9. The molecule has 0 aromatic heterocycles. The van der Waals surface area contributed by atoms with Crippen molar-refractivity contribution in [3.8, 4) is 5.75 Å². The SMILES string of the molecule is CCC1CCCC(Nc2ccc(OC)cc2)(C(=O)O)CC1. The molecule has 0 aliphatic heterocycles. The Morgan fingerprint density at radius 3 is 2.62 bits per heavy atom. The van der Waals surface area contributed by atoms with Crippen LogP contribution in [0, 0.1) is 5.92 Å². The largest absolute Gasteiger partial charge is 0.497 e. The van der Waals surface area contributed by atoms with Crippen molar-refractivity contribution in [2.45, 2.75) is 51.0 Å². The lowest BCUT2D eigenvalue weighted by molar-refractivity contribution is -0.142. The average Bonchev–Trinajstić information content (AvgIpc) is 2.71. The molecule has 1 aromatic carbocycles. The first kappa shape index (κ1) is 15.7. The van der Waals surface area contributed by atoms with Crippen molar-refractivity contribution in [2.24, 2.45) is 5.92 Å². The monoisotopic (exact) mass is 291 g/mol. The second kappa shape index (κ2) is 6.83. The van der Waals surface area contributed by atoms with Crippen molar-refractivity contribution >= 4 is 11.7 Å². The summed E-state index contributed by atoms with van der Waals surface area (Å²) in [7, 11) is 1.62. The Hall–Kier alpha value is -1.71. The molecule has 1 aromatic rings. The number of aliphatic carboxylic acids is 1. The number of rotatable bonds is 5. The Bertz CT molecular complexity index is 471. The first-order valence-electron chi connectivity index (χ1n) is 7.75. The van der Waals surface area contributed by atoms with Gasteiger partial charge < -0.3 is 15.2 Å². The number of methoxy groups -OCH3 is 1. The van der Waals surface area contributed by atoms with E-state index < -0.39 is 11.5 Å². The third kappa shape index (κ3) is 3.69. The van der Waals surface area contributed by atoms with Crippen LogP contribution >= 0.6 is 0 Å². The third-order valence-electron chi connectivity index (χ3n) is 4.66. The van der Waals surface area contributed by atoms with Crippen LogP contribution in [0.5, 0.6) is 5.75 Å². The molecule has 2 unspecified atom stereocenters. The molecule has 0 heterocycles. The highest BCUT2D eigenvalue weighted by atomic mass is 16.5. The summed E-state index contributed by atoms with van der Waals surface area (Å²) in [6.07, 6.45) is 5.59. The molecule has 116 valence electrons. The summed E-state index contributed by atoms with van der Waals surface area (Å²) in [5.41, 5.74) is 0.00607. The second-order valence-corrected chi connectivity index (χ2v) is 5.95. The predicted octanol–water partition coefficient (Wildman–Crippen LogP) is 3.92. The predicted molar refractivity (Wildman–Crippen MR) is 83.8 cm³/mol.